The van der Waals surface area contributed by atoms with E-state index in [1.54, 1.807) is 0 Å². The van der Waals surface area contributed by atoms with Crippen molar-refractivity contribution in [1.82, 2.24) is 0 Å². The zero-order chi connectivity index (χ0) is 9.35. The molecule has 1 aromatic rings. The van der Waals surface area contributed by atoms with E-state index in [1.165, 1.54) is 0 Å². The summed E-state index contributed by atoms with van der Waals surface area (Å²) in [5.74, 6) is -1.31. The van der Waals surface area contributed by atoms with Crippen molar-refractivity contribution in [2.45, 2.75) is 6.18 Å². The maximum absolute atomic E-state index is 12.5. The van der Waals surface area contributed by atoms with E-state index in [-0.39, 0.29) is 5.56 Å². The Morgan fingerprint density at radius 2 is 1.75 bits per heavy atom. The van der Waals surface area contributed by atoms with E-state index in [4.69, 9.17) is 6.92 Å². The molecule has 0 N–H and O–H groups in total. The van der Waals surface area contributed by atoms with Crippen molar-refractivity contribution in [2.24, 2.45) is 0 Å². The minimum Gasteiger partial charge on any atom is -0.206 e. The molecular formula is C8H4F4. The van der Waals surface area contributed by atoms with Gasteiger partial charge in [0, 0.05) is 0 Å². The molecular weight excluding hydrogens is 172 g/mol. The highest BCUT2D eigenvalue weighted by atomic mass is 19.4. The Bertz CT molecular complexity index is 288. The van der Waals surface area contributed by atoms with Crippen LogP contribution in [0.3, 0.4) is 0 Å². The van der Waals surface area contributed by atoms with E-state index in [9.17, 15) is 17.6 Å². The van der Waals surface area contributed by atoms with E-state index in [0.29, 0.717) is 12.1 Å². The lowest BCUT2D eigenvalue weighted by atomic mass is 10.1. The fourth-order valence-corrected chi connectivity index (χ4v) is 0.760. The van der Waals surface area contributed by atoms with Gasteiger partial charge in [-0.3, -0.25) is 0 Å². The minimum absolute atomic E-state index is 0.108. The number of hydrogen-bond donors (Lipinski definition) is 0. The van der Waals surface area contributed by atoms with E-state index in [1.807, 2.05) is 0 Å². The first-order valence-electron chi connectivity index (χ1n) is 3.03. The van der Waals surface area contributed by atoms with Crippen molar-refractivity contribution in [3.63, 3.8) is 0 Å². The molecule has 4 heteroatoms. The molecule has 2 radical (unpaired) electrons. The maximum Gasteiger partial charge on any atom is 0.419 e. The molecule has 0 aromatic heterocycles. The zero-order valence-corrected chi connectivity index (χ0v) is 5.82. The van der Waals surface area contributed by atoms with Crippen LogP contribution < -0.4 is 0 Å². The first kappa shape index (κ1) is 9.03. The van der Waals surface area contributed by atoms with Crippen molar-refractivity contribution in [1.29, 1.82) is 0 Å². The summed E-state index contributed by atoms with van der Waals surface area (Å²) in [5.41, 5.74) is -1.44. The first-order valence-corrected chi connectivity index (χ1v) is 3.03. The van der Waals surface area contributed by atoms with Gasteiger partial charge < -0.3 is 0 Å². The highest BCUT2D eigenvalue weighted by Crippen LogP contribution is 2.31. The topological polar surface area (TPSA) is 0 Å². The van der Waals surface area contributed by atoms with Gasteiger partial charge in [0.1, 0.15) is 5.82 Å². The monoisotopic (exact) mass is 176 g/mol. The highest BCUT2D eigenvalue weighted by molar-refractivity contribution is 5.28. The summed E-state index contributed by atoms with van der Waals surface area (Å²) in [5, 5.41) is 0. The van der Waals surface area contributed by atoms with Crippen molar-refractivity contribution >= 4 is 0 Å². The zero-order valence-electron chi connectivity index (χ0n) is 5.82. The summed E-state index contributed by atoms with van der Waals surface area (Å²) < 4.78 is 48.3. The molecule has 0 aliphatic heterocycles. The Morgan fingerprint density at radius 3 is 2.17 bits per heavy atom. The molecule has 1 rings (SSSR count). The quantitative estimate of drug-likeness (QED) is 0.533. The number of alkyl halides is 3. The van der Waals surface area contributed by atoms with Gasteiger partial charge >= 0.3 is 6.18 Å². The molecule has 12 heavy (non-hydrogen) atoms. The lowest BCUT2D eigenvalue weighted by Crippen LogP contribution is -2.08. The molecule has 0 saturated carbocycles. The molecule has 64 valence electrons. The fourth-order valence-electron chi connectivity index (χ4n) is 0.760. The lowest BCUT2D eigenvalue weighted by molar-refractivity contribution is -0.140. The lowest BCUT2D eigenvalue weighted by Gasteiger charge is -2.07. The molecule has 1 aromatic carbocycles. The number of hydrogen-bond acceptors (Lipinski definition) is 0. The number of halogens is 4. The van der Waals surface area contributed by atoms with Crippen LogP contribution in [0.5, 0.6) is 0 Å². The van der Waals surface area contributed by atoms with Crippen LogP contribution >= 0.6 is 0 Å². The molecule has 0 aliphatic rings. The molecule has 0 atom stereocenters. The smallest absolute Gasteiger partial charge is 0.206 e. The van der Waals surface area contributed by atoms with Crippen molar-refractivity contribution in [3.05, 3.63) is 42.1 Å². The molecule has 0 aliphatic carbocycles. The molecule has 0 nitrogen and oxygen atoms in total. The second kappa shape index (κ2) is 2.77. The summed E-state index contributed by atoms with van der Waals surface area (Å²) in [4.78, 5) is 0. The summed E-state index contributed by atoms with van der Waals surface area (Å²) in [6, 6.07) is 2.33. The van der Waals surface area contributed by atoms with Crippen LogP contribution in [0, 0.1) is 12.7 Å². The largest absolute Gasteiger partial charge is 0.419 e. The molecule has 0 fully saturated rings. The highest BCUT2D eigenvalue weighted by Gasteiger charge is 2.33. The molecule has 0 heterocycles. The van der Waals surface area contributed by atoms with Crippen molar-refractivity contribution < 1.29 is 17.6 Å². The molecule has 0 spiro atoms. The third-order valence-electron chi connectivity index (χ3n) is 1.30. The third-order valence-corrected chi connectivity index (χ3v) is 1.30. The van der Waals surface area contributed by atoms with E-state index in [2.05, 4.69) is 0 Å². The summed E-state index contributed by atoms with van der Waals surface area (Å²) >= 11 is 0. The van der Waals surface area contributed by atoms with E-state index < -0.39 is 17.6 Å². The minimum atomic E-state index is -4.68. The van der Waals surface area contributed by atoms with E-state index in [0.717, 1.165) is 6.07 Å². The SMILES string of the molecule is [CH]c1ccc(F)c(C(F)(F)F)c1. The summed E-state index contributed by atoms with van der Waals surface area (Å²) in [6.07, 6.45) is -4.68. The van der Waals surface area contributed by atoms with Crippen LogP contribution in [-0.2, 0) is 6.18 Å². The van der Waals surface area contributed by atoms with Gasteiger partial charge in [-0.1, -0.05) is 6.07 Å². The molecule has 0 bridgehead atoms. The van der Waals surface area contributed by atoms with Gasteiger partial charge in [0.05, 0.1) is 5.56 Å². The van der Waals surface area contributed by atoms with Crippen LogP contribution in [-0.4, -0.2) is 0 Å². The van der Waals surface area contributed by atoms with Gasteiger partial charge in [-0.2, -0.15) is 13.2 Å². The van der Waals surface area contributed by atoms with Crippen LogP contribution in [0.15, 0.2) is 18.2 Å². The fraction of sp³-hybridized carbons (Fsp3) is 0.125. The van der Waals surface area contributed by atoms with Crippen LogP contribution in [0.25, 0.3) is 0 Å². The average Bonchev–Trinajstić information content (AvgIpc) is 1.92. The second-order valence-corrected chi connectivity index (χ2v) is 2.24. The Hall–Kier alpha value is -1.06. The third kappa shape index (κ3) is 1.75. The molecule has 0 unspecified atom stereocenters. The average molecular weight is 176 g/mol. The maximum atomic E-state index is 12.5. The van der Waals surface area contributed by atoms with Gasteiger partial charge in [0.25, 0.3) is 0 Å². The van der Waals surface area contributed by atoms with Crippen LogP contribution in [0.1, 0.15) is 11.1 Å². The van der Waals surface area contributed by atoms with Gasteiger partial charge in [0.2, 0.25) is 0 Å². The van der Waals surface area contributed by atoms with Gasteiger partial charge in [-0.25, -0.2) is 4.39 Å². The predicted octanol–water partition coefficient (Wildman–Crippen LogP) is 2.90. The Morgan fingerprint density at radius 1 is 1.17 bits per heavy atom. The molecule has 0 amide bonds. The van der Waals surface area contributed by atoms with Crippen LogP contribution in [0.2, 0.25) is 0 Å². The number of rotatable bonds is 0. The second-order valence-electron chi connectivity index (χ2n) is 2.24. The van der Waals surface area contributed by atoms with Crippen LogP contribution in [0.4, 0.5) is 17.6 Å². The first-order chi connectivity index (χ1) is 5.41. The van der Waals surface area contributed by atoms with Crippen molar-refractivity contribution in [3.8, 4) is 0 Å². The predicted molar refractivity (Wildman–Crippen MR) is 34.8 cm³/mol. The standard InChI is InChI=1S/C8H4F4/c1-5-2-3-7(9)6(4-5)8(10,11)12/h1-4H. The summed E-state index contributed by atoms with van der Waals surface area (Å²) in [6.45, 7) is 5.06. The normalized spacial score (nSPS) is 11.8. The van der Waals surface area contributed by atoms with Gasteiger partial charge in [-0.05, 0) is 24.6 Å². The van der Waals surface area contributed by atoms with Gasteiger partial charge in [-0.15, -0.1) is 0 Å². The Kier molecular flexibility index (Phi) is 2.08. The Labute approximate surface area is 66.8 Å². The van der Waals surface area contributed by atoms with Crippen molar-refractivity contribution in [2.75, 3.05) is 0 Å². The van der Waals surface area contributed by atoms with E-state index >= 15 is 0 Å². The number of benzene rings is 1. The Balaban J connectivity index is 3.23. The van der Waals surface area contributed by atoms with Gasteiger partial charge in [0.15, 0.2) is 0 Å². The molecule has 0 saturated heterocycles. The summed E-state index contributed by atoms with van der Waals surface area (Å²) in [7, 11) is 0.